The van der Waals surface area contributed by atoms with Crippen molar-refractivity contribution in [1.29, 1.82) is 0 Å². The zero-order valence-electron chi connectivity index (χ0n) is 16.1. The molecule has 3 rings (SSSR count). The van der Waals surface area contributed by atoms with Crippen molar-refractivity contribution in [2.45, 2.75) is 20.3 Å². The molecular formula is C22H26N4O. The lowest BCUT2D eigenvalue weighted by molar-refractivity contribution is 0.414. The molecule has 0 aliphatic rings. The van der Waals surface area contributed by atoms with Crippen molar-refractivity contribution < 1.29 is 4.74 Å². The zero-order valence-corrected chi connectivity index (χ0v) is 16.1. The van der Waals surface area contributed by atoms with Crippen LogP contribution in [0.2, 0.25) is 0 Å². The van der Waals surface area contributed by atoms with Gasteiger partial charge in [0.1, 0.15) is 11.6 Å². The third-order valence-corrected chi connectivity index (χ3v) is 4.33. The fourth-order valence-corrected chi connectivity index (χ4v) is 3.00. The Bertz CT molecular complexity index is 867. The van der Waals surface area contributed by atoms with Crippen molar-refractivity contribution in [2.75, 3.05) is 30.4 Å². The first-order valence-electron chi connectivity index (χ1n) is 9.24. The molecule has 3 aromatic rings. The predicted octanol–water partition coefficient (Wildman–Crippen LogP) is 4.61. The summed E-state index contributed by atoms with van der Waals surface area (Å²) >= 11 is 0. The Morgan fingerprint density at radius 1 is 1.00 bits per heavy atom. The van der Waals surface area contributed by atoms with Gasteiger partial charge in [0.15, 0.2) is 0 Å². The second kappa shape index (κ2) is 9.03. The Kier molecular flexibility index (Phi) is 6.26. The number of anilines is 3. The van der Waals surface area contributed by atoms with Crippen LogP contribution in [-0.2, 0) is 6.42 Å². The van der Waals surface area contributed by atoms with Gasteiger partial charge in [-0.3, -0.25) is 0 Å². The number of nitrogens with zero attached hydrogens (tertiary/aromatic N) is 3. The van der Waals surface area contributed by atoms with Gasteiger partial charge in [0.2, 0.25) is 5.95 Å². The van der Waals surface area contributed by atoms with Gasteiger partial charge in [0.25, 0.3) is 0 Å². The fraction of sp³-hybridized carbons (Fsp3) is 0.273. The molecule has 0 atom stereocenters. The molecule has 0 bridgehead atoms. The van der Waals surface area contributed by atoms with Crippen LogP contribution in [0, 0.1) is 6.92 Å². The van der Waals surface area contributed by atoms with Crippen molar-refractivity contribution in [3.63, 3.8) is 0 Å². The molecule has 5 heteroatoms. The second-order valence-electron chi connectivity index (χ2n) is 6.30. The van der Waals surface area contributed by atoms with E-state index in [9.17, 15) is 0 Å². The van der Waals surface area contributed by atoms with Crippen molar-refractivity contribution in [1.82, 2.24) is 9.97 Å². The van der Waals surface area contributed by atoms with E-state index in [1.807, 2.05) is 43.3 Å². The molecule has 2 aromatic carbocycles. The van der Waals surface area contributed by atoms with Crippen LogP contribution in [0.5, 0.6) is 5.75 Å². The van der Waals surface area contributed by atoms with Crippen LogP contribution in [0.15, 0.2) is 60.7 Å². The monoisotopic (exact) mass is 362 g/mol. The van der Waals surface area contributed by atoms with Gasteiger partial charge in [-0.1, -0.05) is 30.3 Å². The largest absolute Gasteiger partial charge is 0.497 e. The number of benzene rings is 2. The number of methoxy groups -OCH3 is 1. The summed E-state index contributed by atoms with van der Waals surface area (Å²) in [5.74, 6) is 2.44. The SMILES string of the molecule is CCN(c1ccccc1)c1cc(C)nc(NCCc2cccc(OC)c2)n1. The lowest BCUT2D eigenvalue weighted by Crippen LogP contribution is -2.19. The molecule has 1 N–H and O–H groups in total. The van der Waals surface area contributed by atoms with Crippen LogP contribution < -0.4 is 15.0 Å². The van der Waals surface area contributed by atoms with E-state index in [1.165, 1.54) is 5.56 Å². The molecule has 0 fully saturated rings. The summed E-state index contributed by atoms with van der Waals surface area (Å²) in [4.78, 5) is 11.4. The van der Waals surface area contributed by atoms with Crippen molar-refractivity contribution in [3.8, 4) is 5.75 Å². The predicted molar refractivity (Wildman–Crippen MR) is 111 cm³/mol. The van der Waals surface area contributed by atoms with Crippen LogP contribution in [0.3, 0.4) is 0 Å². The Morgan fingerprint density at radius 2 is 1.81 bits per heavy atom. The molecule has 0 unspecified atom stereocenters. The number of rotatable bonds is 8. The Balaban J connectivity index is 1.71. The van der Waals surface area contributed by atoms with Crippen LogP contribution in [0.4, 0.5) is 17.5 Å². The average molecular weight is 362 g/mol. The lowest BCUT2D eigenvalue weighted by atomic mass is 10.1. The number of ether oxygens (including phenoxy) is 1. The molecule has 0 saturated carbocycles. The van der Waals surface area contributed by atoms with Crippen LogP contribution in [-0.4, -0.2) is 30.2 Å². The zero-order chi connectivity index (χ0) is 19.1. The molecule has 0 saturated heterocycles. The van der Waals surface area contributed by atoms with E-state index in [4.69, 9.17) is 9.72 Å². The van der Waals surface area contributed by atoms with Gasteiger partial charge in [-0.15, -0.1) is 0 Å². The molecule has 1 aromatic heterocycles. The maximum Gasteiger partial charge on any atom is 0.224 e. The summed E-state index contributed by atoms with van der Waals surface area (Å²) in [5, 5.41) is 3.35. The maximum atomic E-state index is 5.28. The number of hydrogen-bond donors (Lipinski definition) is 1. The van der Waals surface area contributed by atoms with Gasteiger partial charge in [-0.2, -0.15) is 4.98 Å². The number of nitrogens with one attached hydrogen (secondary N) is 1. The normalized spacial score (nSPS) is 10.5. The second-order valence-corrected chi connectivity index (χ2v) is 6.30. The van der Waals surface area contributed by atoms with E-state index in [0.717, 1.165) is 42.5 Å². The third kappa shape index (κ3) is 4.97. The number of hydrogen-bond acceptors (Lipinski definition) is 5. The van der Waals surface area contributed by atoms with Gasteiger partial charge in [0, 0.05) is 30.5 Å². The van der Waals surface area contributed by atoms with Crippen molar-refractivity contribution in [2.24, 2.45) is 0 Å². The van der Waals surface area contributed by atoms with Crippen molar-refractivity contribution >= 4 is 17.5 Å². The molecule has 1 heterocycles. The Hall–Kier alpha value is -3.08. The van der Waals surface area contributed by atoms with Crippen LogP contribution in [0.25, 0.3) is 0 Å². The first-order valence-corrected chi connectivity index (χ1v) is 9.24. The molecule has 0 amide bonds. The van der Waals surface area contributed by atoms with Crippen LogP contribution in [0.1, 0.15) is 18.2 Å². The minimum absolute atomic E-state index is 0.655. The summed E-state index contributed by atoms with van der Waals surface area (Å²) in [6.07, 6.45) is 0.875. The minimum atomic E-state index is 0.655. The average Bonchev–Trinajstić information content (AvgIpc) is 2.69. The molecule has 27 heavy (non-hydrogen) atoms. The lowest BCUT2D eigenvalue weighted by Gasteiger charge is -2.23. The topological polar surface area (TPSA) is 50.3 Å². The van der Waals surface area contributed by atoms with Gasteiger partial charge < -0.3 is 15.0 Å². The molecule has 140 valence electrons. The summed E-state index contributed by atoms with van der Waals surface area (Å²) < 4.78 is 5.28. The van der Waals surface area contributed by atoms with E-state index >= 15 is 0 Å². The number of aryl methyl sites for hydroxylation is 1. The first-order chi connectivity index (χ1) is 13.2. The standard InChI is InChI=1S/C22H26N4O/c1-4-26(19-10-6-5-7-11-19)21-15-17(2)24-22(25-21)23-14-13-18-9-8-12-20(16-18)27-3/h5-12,15-16H,4,13-14H2,1-3H3,(H,23,24,25). The Labute approximate surface area is 161 Å². The molecule has 0 spiro atoms. The molecule has 0 radical (unpaired) electrons. The highest BCUT2D eigenvalue weighted by atomic mass is 16.5. The molecule has 0 aliphatic heterocycles. The molecule has 0 aliphatic carbocycles. The summed E-state index contributed by atoms with van der Waals surface area (Å²) in [7, 11) is 1.69. The quantitative estimate of drug-likeness (QED) is 0.634. The van der Waals surface area contributed by atoms with Crippen molar-refractivity contribution in [3.05, 3.63) is 71.9 Å². The van der Waals surface area contributed by atoms with E-state index in [2.05, 4.69) is 46.4 Å². The highest BCUT2D eigenvalue weighted by Gasteiger charge is 2.11. The number of para-hydroxylation sites is 1. The van der Waals surface area contributed by atoms with E-state index < -0.39 is 0 Å². The highest BCUT2D eigenvalue weighted by Crippen LogP contribution is 2.24. The Morgan fingerprint density at radius 3 is 2.56 bits per heavy atom. The molecular weight excluding hydrogens is 336 g/mol. The van der Waals surface area contributed by atoms with Crippen LogP contribution >= 0.6 is 0 Å². The van der Waals surface area contributed by atoms with Gasteiger partial charge in [-0.25, -0.2) is 4.98 Å². The summed E-state index contributed by atoms with van der Waals surface area (Å²) in [6.45, 7) is 5.72. The van der Waals surface area contributed by atoms with E-state index in [-0.39, 0.29) is 0 Å². The highest BCUT2D eigenvalue weighted by molar-refractivity contribution is 5.61. The molecule has 5 nitrogen and oxygen atoms in total. The van der Waals surface area contributed by atoms with Gasteiger partial charge in [-0.05, 0) is 50.1 Å². The summed E-state index contributed by atoms with van der Waals surface area (Å²) in [5.41, 5.74) is 3.29. The third-order valence-electron chi connectivity index (χ3n) is 4.33. The van der Waals surface area contributed by atoms with E-state index in [1.54, 1.807) is 7.11 Å². The first kappa shape index (κ1) is 18.7. The van der Waals surface area contributed by atoms with Gasteiger partial charge in [0.05, 0.1) is 7.11 Å². The minimum Gasteiger partial charge on any atom is -0.497 e. The maximum absolute atomic E-state index is 5.28. The smallest absolute Gasteiger partial charge is 0.224 e. The van der Waals surface area contributed by atoms with Gasteiger partial charge >= 0.3 is 0 Å². The number of aromatic nitrogens is 2. The fourth-order valence-electron chi connectivity index (χ4n) is 3.00. The van der Waals surface area contributed by atoms with E-state index in [0.29, 0.717) is 5.95 Å². The summed E-state index contributed by atoms with van der Waals surface area (Å²) in [6, 6.07) is 20.4.